The van der Waals surface area contributed by atoms with E-state index in [2.05, 4.69) is 25.6 Å². The lowest BCUT2D eigenvalue weighted by Gasteiger charge is -2.26. The summed E-state index contributed by atoms with van der Waals surface area (Å²) >= 11 is 0. The van der Waals surface area contributed by atoms with Crippen LogP contribution in [0.1, 0.15) is 22.7 Å². The van der Waals surface area contributed by atoms with E-state index in [4.69, 9.17) is 16.7 Å². The molecule has 1 aliphatic heterocycles. The Labute approximate surface area is 148 Å². The third-order valence-corrected chi connectivity index (χ3v) is 4.25. The molecule has 9 heteroatoms. The Hall–Kier alpha value is -4.24. The van der Waals surface area contributed by atoms with Gasteiger partial charge in [0.15, 0.2) is 6.19 Å². The number of H-pyrrole nitrogens is 1. The number of aliphatic imine (C=N–C) groups is 1. The Balaban J connectivity index is 1.95. The summed E-state index contributed by atoms with van der Waals surface area (Å²) in [6.07, 6.45) is 3.67. The predicted octanol–water partition coefficient (Wildman–Crippen LogP) is 1.54. The van der Waals surface area contributed by atoms with E-state index in [1.165, 1.54) is 0 Å². The van der Waals surface area contributed by atoms with Crippen molar-refractivity contribution in [3.63, 3.8) is 0 Å². The number of aromatic amines is 1. The molecule has 4 rings (SSSR count). The molecule has 0 amide bonds. The van der Waals surface area contributed by atoms with Gasteiger partial charge in [0.1, 0.15) is 29.3 Å². The first-order valence-corrected chi connectivity index (χ1v) is 7.68. The number of pyridine rings is 1. The van der Waals surface area contributed by atoms with Crippen molar-refractivity contribution < 1.29 is 0 Å². The van der Waals surface area contributed by atoms with E-state index in [0.29, 0.717) is 11.4 Å². The number of hydrogen-bond donors (Lipinski definition) is 5. The Kier molecular flexibility index (Phi) is 3.34. The molecule has 26 heavy (non-hydrogen) atoms. The monoisotopic (exact) mass is 343 g/mol. The van der Waals surface area contributed by atoms with Crippen molar-refractivity contribution in [1.82, 2.24) is 15.3 Å². The van der Waals surface area contributed by atoms with Crippen molar-refractivity contribution in [2.75, 3.05) is 16.8 Å². The molecule has 0 spiro atoms. The van der Waals surface area contributed by atoms with Crippen LogP contribution < -0.4 is 22.1 Å². The number of fused-ring (bicyclic) bond motifs is 2. The zero-order valence-corrected chi connectivity index (χ0v) is 13.4. The lowest BCUT2D eigenvalue weighted by atomic mass is 9.94. The third-order valence-electron chi connectivity index (χ3n) is 4.25. The first-order chi connectivity index (χ1) is 12.6. The molecule has 2 aromatic heterocycles. The first-order valence-electron chi connectivity index (χ1n) is 7.68. The molecular formula is C17H13N9. The molecule has 1 atom stereocenters. The van der Waals surface area contributed by atoms with Gasteiger partial charge in [-0.05, 0) is 23.1 Å². The number of anilines is 3. The van der Waals surface area contributed by atoms with Crippen LogP contribution in [-0.2, 0) is 0 Å². The highest BCUT2D eigenvalue weighted by molar-refractivity contribution is 5.98. The Morgan fingerprint density at radius 1 is 1.19 bits per heavy atom. The Bertz CT molecular complexity index is 1140. The summed E-state index contributed by atoms with van der Waals surface area (Å²) in [6, 6.07) is 9.23. The largest absolute Gasteiger partial charge is 0.397 e. The van der Waals surface area contributed by atoms with Crippen molar-refractivity contribution in [3.8, 4) is 12.3 Å². The fourth-order valence-corrected chi connectivity index (χ4v) is 3.06. The van der Waals surface area contributed by atoms with Crippen LogP contribution in [-0.4, -0.2) is 15.9 Å². The van der Waals surface area contributed by atoms with Crippen molar-refractivity contribution >= 4 is 34.2 Å². The molecule has 0 saturated carbocycles. The number of benzene rings is 1. The number of rotatable bonds is 1. The van der Waals surface area contributed by atoms with E-state index >= 15 is 0 Å². The maximum absolute atomic E-state index is 9.34. The van der Waals surface area contributed by atoms with E-state index in [0.717, 1.165) is 16.5 Å². The average molecular weight is 343 g/mol. The molecular weight excluding hydrogens is 330 g/mol. The van der Waals surface area contributed by atoms with Crippen LogP contribution in [0.4, 0.5) is 17.3 Å². The summed E-state index contributed by atoms with van der Waals surface area (Å²) in [5.74, 6) is 0.615. The lowest BCUT2D eigenvalue weighted by Crippen LogP contribution is -2.32. The minimum atomic E-state index is -0.546. The topological polar surface area (TPSA) is 165 Å². The van der Waals surface area contributed by atoms with Gasteiger partial charge in [-0.2, -0.15) is 10.5 Å². The summed E-state index contributed by atoms with van der Waals surface area (Å²) in [6.45, 7) is 0. The van der Waals surface area contributed by atoms with Gasteiger partial charge in [0.25, 0.3) is 0 Å². The molecule has 126 valence electrons. The maximum atomic E-state index is 9.34. The molecule has 0 aliphatic carbocycles. The molecule has 0 bridgehead atoms. The van der Waals surface area contributed by atoms with Gasteiger partial charge in [-0.3, -0.25) is 5.32 Å². The maximum Gasteiger partial charge on any atom is 0.211 e. The number of aromatic nitrogens is 2. The number of guanidine groups is 1. The van der Waals surface area contributed by atoms with E-state index in [9.17, 15) is 5.26 Å². The number of hydrogen-bond acceptors (Lipinski definition) is 8. The van der Waals surface area contributed by atoms with Gasteiger partial charge in [0.2, 0.25) is 5.96 Å². The van der Waals surface area contributed by atoms with Gasteiger partial charge in [0, 0.05) is 17.3 Å². The number of nitrogens with two attached hydrogens (primary N) is 2. The molecule has 1 unspecified atom stereocenters. The smallest absolute Gasteiger partial charge is 0.211 e. The molecule has 3 heterocycles. The van der Waals surface area contributed by atoms with Gasteiger partial charge >= 0.3 is 0 Å². The Morgan fingerprint density at radius 3 is 2.81 bits per heavy atom. The summed E-state index contributed by atoms with van der Waals surface area (Å²) in [7, 11) is 0. The van der Waals surface area contributed by atoms with Crippen LogP contribution in [0, 0.1) is 22.8 Å². The van der Waals surface area contributed by atoms with E-state index in [1.54, 1.807) is 0 Å². The first kappa shape index (κ1) is 15.3. The minimum absolute atomic E-state index is 0.0213. The molecule has 0 fully saturated rings. The standard InChI is InChI=1S/C17H13N9/c18-6-10-13(20)12-14(9-2-1-8-3-4-22-11(8)5-9)24-17(23-7-19)26-16(12)25-15(10)21/h1-5,14,22H,(H6,20,21,23,24,25,26). The van der Waals surface area contributed by atoms with Crippen LogP contribution in [0.5, 0.6) is 0 Å². The van der Waals surface area contributed by atoms with Crippen molar-refractivity contribution in [2.45, 2.75) is 6.04 Å². The number of nitrogens with zero attached hydrogens (tertiary/aromatic N) is 4. The highest BCUT2D eigenvalue weighted by atomic mass is 15.2. The van der Waals surface area contributed by atoms with E-state index in [-0.39, 0.29) is 23.0 Å². The van der Waals surface area contributed by atoms with E-state index in [1.807, 2.05) is 42.7 Å². The fraction of sp³-hybridized carbons (Fsp3) is 0.0588. The number of nitrogen functional groups attached to an aromatic ring is 2. The van der Waals surface area contributed by atoms with Crippen molar-refractivity contribution in [1.29, 1.82) is 10.5 Å². The van der Waals surface area contributed by atoms with Gasteiger partial charge in [-0.25, -0.2) is 9.98 Å². The second-order valence-corrected chi connectivity index (χ2v) is 5.73. The summed E-state index contributed by atoms with van der Waals surface area (Å²) in [5, 5.41) is 24.7. The summed E-state index contributed by atoms with van der Waals surface area (Å²) < 4.78 is 0. The zero-order valence-electron chi connectivity index (χ0n) is 13.4. The van der Waals surface area contributed by atoms with E-state index < -0.39 is 6.04 Å². The molecule has 0 radical (unpaired) electrons. The number of nitrogens with one attached hydrogen (secondary N) is 3. The normalized spacial score (nSPS) is 15.3. The highest BCUT2D eigenvalue weighted by Crippen LogP contribution is 2.40. The van der Waals surface area contributed by atoms with Crippen LogP contribution in [0.3, 0.4) is 0 Å². The van der Waals surface area contributed by atoms with Crippen LogP contribution in [0.2, 0.25) is 0 Å². The summed E-state index contributed by atoms with van der Waals surface area (Å²) in [5.41, 5.74) is 14.7. The average Bonchev–Trinajstić information content (AvgIpc) is 3.09. The molecule has 0 saturated heterocycles. The van der Waals surface area contributed by atoms with Gasteiger partial charge in [-0.15, -0.1) is 0 Å². The predicted molar refractivity (Wildman–Crippen MR) is 97.7 cm³/mol. The van der Waals surface area contributed by atoms with Crippen LogP contribution in [0.25, 0.3) is 10.9 Å². The van der Waals surface area contributed by atoms with Gasteiger partial charge in [0.05, 0.1) is 5.69 Å². The van der Waals surface area contributed by atoms with Gasteiger partial charge < -0.3 is 21.8 Å². The molecule has 3 aromatic rings. The quantitative estimate of drug-likeness (QED) is 0.330. The van der Waals surface area contributed by atoms with Crippen LogP contribution >= 0.6 is 0 Å². The Morgan fingerprint density at radius 2 is 2.04 bits per heavy atom. The molecule has 1 aliphatic rings. The van der Waals surface area contributed by atoms with Gasteiger partial charge in [-0.1, -0.05) is 12.1 Å². The second-order valence-electron chi connectivity index (χ2n) is 5.73. The van der Waals surface area contributed by atoms with Crippen molar-refractivity contribution in [2.24, 2.45) is 4.99 Å². The minimum Gasteiger partial charge on any atom is -0.397 e. The molecule has 7 N–H and O–H groups in total. The van der Waals surface area contributed by atoms with Crippen molar-refractivity contribution in [3.05, 3.63) is 47.2 Å². The second kappa shape index (κ2) is 5.69. The SMILES string of the molecule is N#CNC1=NC(c2ccc3cc[nH]c3c2)c2c(nc(N)c(C#N)c2N)N1. The number of nitriles is 2. The molecule has 1 aromatic carbocycles. The molecule has 9 nitrogen and oxygen atoms in total. The zero-order chi connectivity index (χ0) is 18.3. The van der Waals surface area contributed by atoms with Crippen LogP contribution in [0.15, 0.2) is 35.5 Å². The summed E-state index contributed by atoms with van der Waals surface area (Å²) in [4.78, 5) is 11.9. The lowest BCUT2D eigenvalue weighted by molar-refractivity contribution is 0.848. The fourth-order valence-electron chi connectivity index (χ4n) is 3.06. The highest BCUT2D eigenvalue weighted by Gasteiger charge is 2.29. The third kappa shape index (κ3) is 2.24.